The van der Waals surface area contributed by atoms with Gasteiger partial charge in [-0.3, -0.25) is 0 Å². The first-order valence-corrected chi connectivity index (χ1v) is 9.18. The summed E-state index contributed by atoms with van der Waals surface area (Å²) in [6.07, 6.45) is 2.17. The highest BCUT2D eigenvalue weighted by molar-refractivity contribution is 6.30. The number of benzene rings is 2. The number of halogens is 1. The molecule has 0 saturated carbocycles. The normalized spacial score (nSPS) is 18.0. The van der Waals surface area contributed by atoms with Gasteiger partial charge >= 0.3 is 0 Å². The van der Waals surface area contributed by atoms with Gasteiger partial charge in [0.2, 0.25) is 5.95 Å². The molecule has 0 bridgehead atoms. The molecule has 1 aromatic heterocycles. The van der Waals surface area contributed by atoms with Gasteiger partial charge in [-0.25, -0.2) is 4.98 Å². The number of hydrogen-bond acceptors (Lipinski definition) is 3. The summed E-state index contributed by atoms with van der Waals surface area (Å²) in [6, 6.07) is 16.2. The van der Waals surface area contributed by atoms with Gasteiger partial charge in [0.1, 0.15) is 0 Å². The molecular formula is C20H22ClN3O. The van der Waals surface area contributed by atoms with Crippen molar-refractivity contribution in [2.75, 3.05) is 24.6 Å². The SMILES string of the molecule is OCC1CCCN(c2nc3ccccc3n2Cc2cccc(Cl)c2)C1. The lowest BCUT2D eigenvalue weighted by molar-refractivity contribution is 0.208. The number of hydrogen-bond donors (Lipinski definition) is 1. The maximum atomic E-state index is 9.56. The Morgan fingerprint density at radius 2 is 2.04 bits per heavy atom. The largest absolute Gasteiger partial charge is 0.396 e. The van der Waals surface area contributed by atoms with Crippen LogP contribution in [0.5, 0.6) is 0 Å². The molecule has 1 aliphatic rings. The molecule has 1 aliphatic heterocycles. The molecule has 2 heterocycles. The zero-order valence-electron chi connectivity index (χ0n) is 14.1. The number of fused-ring (bicyclic) bond motifs is 1. The van der Waals surface area contributed by atoms with Crippen LogP contribution in [0, 0.1) is 5.92 Å². The van der Waals surface area contributed by atoms with Gasteiger partial charge in [-0.2, -0.15) is 0 Å². The van der Waals surface area contributed by atoms with E-state index in [0.29, 0.717) is 5.92 Å². The highest BCUT2D eigenvalue weighted by Crippen LogP contribution is 2.28. The summed E-state index contributed by atoms with van der Waals surface area (Å²) in [5, 5.41) is 10.3. The standard InChI is InChI=1S/C20H22ClN3O/c21-17-7-3-5-15(11-17)13-24-19-9-2-1-8-18(19)22-20(24)23-10-4-6-16(12-23)14-25/h1-3,5,7-9,11,16,25H,4,6,10,12-14H2. The third-order valence-corrected chi connectivity index (χ3v) is 5.16. The maximum Gasteiger partial charge on any atom is 0.206 e. The Morgan fingerprint density at radius 1 is 1.16 bits per heavy atom. The number of rotatable bonds is 4. The Bertz CT molecular complexity index is 876. The van der Waals surface area contributed by atoms with Crippen molar-refractivity contribution in [2.24, 2.45) is 5.92 Å². The number of anilines is 1. The zero-order valence-corrected chi connectivity index (χ0v) is 14.9. The third-order valence-electron chi connectivity index (χ3n) is 4.92. The molecular weight excluding hydrogens is 334 g/mol. The highest BCUT2D eigenvalue weighted by Gasteiger charge is 2.24. The van der Waals surface area contributed by atoms with Crippen LogP contribution in [-0.2, 0) is 6.54 Å². The number of imidazole rings is 1. The molecule has 0 radical (unpaired) electrons. The number of aromatic nitrogens is 2. The maximum absolute atomic E-state index is 9.56. The van der Waals surface area contributed by atoms with Crippen molar-refractivity contribution in [1.82, 2.24) is 9.55 Å². The minimum atomic E-state index is 0.241. The van der Waals surface area contributed by atoms with E-state index in [1.807, 2.05) is 24.3 Å². The number of nitrogens with zero attached hydrogens (tertiary/aromatic N) is 3. The highest BCUT2D eigenvalue weighted by atomic mass is 35.5. The summed E-state index contributed by atoms with van der Waals surface area (Å²) in [7, 11) is 0. The second kappa shape index (κ2) is 7.06. The van der Waals surface area contributed by atoms with E-state index < -0.39 is 0 Å². The second-order valence-electron chi connectivity index (χ2n) is 6.75. The Balaban J connectivity index is 1.75. The molecule has 1 unspecified atom stereocenters. The van der Waals surface area contributed by atoms with Gasteiger partial charge in [0.05, 0.1) is 17.6 Å². The van der Waals surface area contributed by atoms with Crippen molar-refractivity contribution >= 4 is 28.6 Å². The van der Waals surface area contributed by atoms with Crippen LogP contribution < -0.4 is 4.90 Å². The van der Waals surface area contributed by atoms with Gasteiger partial charge in [0.25, 0.3) is 0 Å². The van der Waals surface area contributed by atoms with Crippen LogP contribution in [0.15, 0.2) is 48.5 Å². The summed E-state index contributed by atoms with van der Waals surface area (Å²) in [6.45, 7) is 2.81. The first-order valence-electron chi connectivity index (χ1n) is 8.80. The van der Waals surface area contributed by atoms with Crippen molar-refractivity contribution in [2.45, 2.75) is 19.4 Å². The number of aliphatic hydroxyl groups is 1. The lowest BCUT2D eigenvalue weighted by Crippen LogP contribution is -2.38. The lowest BCUT2D eigenvalue weighted by atomic mass is 9.99. The second-order valence-corrected chi connectivity index (χ2v) is 7.19. The third kappa shape index (κ3) is 3.37. The fraction of sp³-hybridized carbons (Fsp3) is 0.350. The molecule has 2 aromatic carbocycles. The van der Waals surface area contributed by atoms with Crippen LogP contribution in [0.2, 0.25) is 5.02 Å². The van der Waals surface area contributed by atoms with Gasteiger partial charge in [-0.05, 0) is 48.6 Å². The topological polar surface area (TPSA) is 41.3 Å². The minimum absolute atomic E-state index is 0.241. The predicted octanol–water partition coefficient (Wildman–Crippen LogP) is 3.95. The van der Waals surface area contributed by atoms with Crippen LogP contribution in [-0.4, -0.2) is 34.4 Å². The number of para-hydroxylation sites is 2. The average Bonchev–Trinajstić information content (AvgIpc) is 3.00. The Hall–Kier alpha value is -2.04. The smallest absolute Gasteiger partial charge is 0.206 e. The van der Waals surface area contributed by atoms with E-state index in [0.717, 1.165) is 60.0 Å². The van der Waals surface area contributed by atoms with Crippen molar-refractivity contribution in [3.8, 4) is 0 Å². The van der Waals surface area contributed by atoms with Gasteiger partial charge in [0.15, 0.2) is 0 Å². The number of aliphatic hydroxyl groups excluding tert-OH is 1. The number of piperidine rings is 1. The Labute approximate surface area is 152 Å². The fourth-order valence-electron chi connectivity index (χ4n) is 3.67. The van der Waals surface area contributed by atoms with Crippen LogP contribution in [0.1, 0.15) is 18.4 Å². The molecule has 4 nitrogen and oxygen atoms in total. The predicted molar refractivity (Wildman–Crippen MR) is 102 cm³/mol. The quantitative estimate of drug-likeness (QED) is 0.770. The van der Waals surface area contributed by atoms with E-state index in [2.05, 4.69) is 33.7 Å². The summed E-state index contributed by atoms with van der Waals surface area (Å²) in [5.74, 6) is 1.31. The summed E-state index contributed by atoms with van der Waals surface area (Å²) in [4.78, 5) is 7.21. The Morgan fingerprint density at radius 3 is 2.88 bits per heavy atom. The molecule has 1 atom stereocenters. The summed E-state index contributed by atoms with van der Waals surface area (Å²) >= 11 is 6.17. The first-order chi connectivity index (χ1) is 12.2. The molecule has 5 heteroatoms. The van der Waals surface area contributed by atoms with Crippen LogP contribution in [0.25, 0.3) is 11.0 Å². The van der Waals surface area contributed by atoms with Gasteiger partial charge in [0, 0.05) is 24.7 Å². The van der Waals surface area contributed by atoms with Gasteiger partial charge in [-0.1, -0.05) is 35.9 Å². The monoisotopic (exact) mass is 355 g/mol. The molecule has 0 spiro atoms. The summed E-state index contributed by atoms with van der Waals surface area (Å²) < 4.78 is 2.26. The molecule has 25 heavy (non-hydrogen) atoms. The molecule has 0 aliphatic carbocycles. The van der Waals surface area contributed by atoms with E-state index in [9.17, 15) is 5.11 Å². The van der Waals surface area contributed by atoms with Crippen LogP contribution in [0.3, 0.4) is 0 Å². The van der Waals surface area contributed by atoms with Crippen molar-refractivity contribution < 1.29 is 5.11 Å². The molecule has 0 amide bonds. The van der Waals surface area contributed by atoms with E-state index in [1.54, 1.807) is 0 Å². The van der Waals surface area contributed by atoms with Gasteiger partial charge in [-0.15, -0.1) is 0 Å². The molecule has 1 N–H and O–H groups in total. The van der Waals surface area contributed by atoms with E-state index in [-0.39, 0.29) is 6.61 Å². The lowest BCUT2D eigenvalue weighted by Gasteiger charge is -2.33. The van der Waals surface area contributed by atoms with Crippen molar-refractivity contribution in [3.63, 3.8) is 0 Å². The molecule has 4 rings (SSSR count). The van der Waals surface area contributed by atoms with E-state index >= 15 is 0 Å². The fourth-order valence-corrected chi connectivity index (χ4v) is 3.89. The average molecular weight is 356 g/mol. The Kier molecular flexibility index (Phi) is 4.64. The van der Waals surface area contributed by atoms with E-state index in [4.69, 9.17) is 16.6 Å². The molecule has 130 valence electrons. The molecule has 1 fully saturated rings. The summed E-state index contributed by atoms with van der Waals surface area (Å²) in [5.41, 5.74) is 3.29. The minimum Gasteiger partial charge on any atom is -0.396 e. The van der Waals surface area contributed by atoms with Crippen molar-refractivity contribution in [1.29, 1.82) is 0 Å². The first kappa shape index (κ1) is 16.4. The van der Waals surface area contributed by atoms with Gasteiger partial charge < -0.3 is 14.6 Å². The molecule has 1 saturated heterocycles. The van der Waals surface area contributed by atoms with Crippen LogP contribution in [0.4, 0.5) is 5.95 Å². The van der Waals surface area contributed by atoms with Crippen molar-refractivity contribution in [3.05, 3.63) is 59.1 Å². The van der Waals surface area contributed by atoms with Crippen LogP contribution >= 0.6 is 11.6 Å². The molecule has 3 aromatic rings. The zero-order chi connectivity index (χ0) is 17.2. The van der Waals surface area contributed by atoms with E-state index in [1.165, 1.54) is 0 Å².